The minimum Gasteiger partial charge on any atom is -0.324 e. The van der Waals surface area contributed by atoms with Gasteiger partial charge >= 0.3 is 0 Å². The molecule has 2 rings (SSSR count). The molecule has 19 heavy (non-hydrogen) atoms. The smallest absolute Gasteiger partial charge is 0.226 e. The Hall–Kier alpha value is -0.300. The number of carbonyl (C=O) groups is 1. The molecule has 1 saturated heterocycles. The van der Waals surface area contributed by atoms with Crippen LogP contribution in [0, 0.1) is 5.82 Å². The molecule has 1 aromatic rings. The summed E-state index contributed by atoms with van der Waals surface area (Å²) < 4.78 is 14.2. The molecule has 106 valence electrons. The average molecular weight is 370 g/mol. The number of halogens is 3. The Bertz CT molecular complexity index is 444. The van der Waals surface area contributed by atoms with Crippen molar-refractivity contribution in [2.24, 2.45) is 0 Å². The molecular weight excluding hydrogens is 355 g/mol. The molecule has 1 unspecified atom stereocenters. The molecule has 0 spiro atoms. The number of carbonyl (C=O) groups excluding carboxylic acids is 1. The highest BCUT2D eigenvalue weighted by Crippen LogP contribution is 2.20. The molecule has 7 heteroatoms. The number of nitrogens with one attached hydrogen (secondary N) is 2. The fourth-order valence-corrected chi connectivity index (χ4v) is 3.05. The van der Waals surface area contributed by atoms with E-state index in [4.69, 9.17) is 0 Å². The van der Waals surface area contributed by atoms with Crippen molar-refractivity contribution >= 4 is 51.7 Å². The Kier molecular flexibility index (Phi) is 7.13. The van der Waals surface area contributed by atoms with Gasteiger partial charge in [0.25, 0.3) is 0 Å². The summed E-state index contributed by atoms with van der Waals surface area (Å²) in [6.45, 7) is 0.926. The van der Waals surface area contributed by atoms with E-state index >= 15 is 0 Å². The van der Waals surface area contributed by atoms with Crippen molar-refractivity contribution < 1.29 is 9.18 Å². The Morgan fingerprint density at radius 3 is 3.00 bits per heavy atom. The van der Waals surface area contributed by atoms with E-state index in [1.807, 2.05) is 11.8 Å². The zero-order valence-corrected chi connectivity index (χ0v) is 13.3. The van der Waals surface area contributed by atoms with Crippen LogP contribution in [-0.2, 0) is 4.79 Å². The monoisotopic (exact) mass is 368 g/mol. The molecule has 1 aliphatic rings. The van der Waals surface area contributed by atoms with Crippen LogP contribution in [0.25, 0.3) is 0 Å². The summed E-state index contributed by atoms with van der Waals surface area (Å²) in [7, 11) is 0. The highest BCUT2D eigenvalue weighted by molar-refractivity contribution is 9.10. The number of rotatable bonds is 3. The Morgan fingerprint density at radius 2 is 2.37 bits per heavy atom. The normalized spacial score (nSPS) is 18.5. The molecular formula is C12H15BrClFN2OS. The fraction of sp³-hybridized carbons (Fsp3) is 0.417. The first-order valence-corrected chi connectivity index (χ1v) is 7.66. The quantitative estimate of drug-likeness (QED) is 0.860. The summed E-state index contributed by atoms with van der Waals surface area (Å²) in [5.41, 5.74) is 0.228. The van der Waals surface area contributed by atoms with Crippen molar-refractivity contribution in [2.75, 3.05) is 23.4 Å². The molecule has 0 aromatic heterocycles. The van der Waals surface area contributed by atoms with E-state index < -0.39 is 5.82 Å². The van der Waals surface area contributed by atoms with Gasteiger partial charge in [-0.1, -0.05) is 15.9 Å². The first-order chi connectivity index (χ1) is 8.65. The van der Waals surface area contributed by atoms with Crippen LogP contribution in [0.2, 0.25) is 0 Å². The predicted molar refractivity (Wildman–Crippen MR) is 83.7 cm³/mol. The minimum atomic E-state index is -0.427. The van der Waals surface area contributed by atoms with Gasteiger partial charge in [0.1, 0.15) is 5.82 Å². The standard InChI is InChI=1S/C12H14BrFN2OS.ClH/c13-8-1-2-11(10(14)5-8)16-12(17)6-9-7-18-4-3-15-9;/h1-2,5,9,15H,3-4,6-7H2,(H,16,17);1H. The van der Waals surface area contributed by atoms with Gasteiger partial charge in [-0.15, -0.1) is 12.4 Å². The third-order valence-corrected chi connectivity index (χ3v) is 4.26. The van der Waals surface area contributed by atoms with Crippen LogP contribution in [0.3, 0.4) is 0 Å². The van der Waals surface area contributed by atoms with E-state index in [9.17, 15) is 9.18 Å². The first kappa shape index (κ1) is 16.8. The van der Waals surface area contributed by atoms with Crippen molar-refractivity contribution in [3.8, 4) is 0 Å². The van der Waals surface area contributed by atoms with Crippen LogP contribution < -0.4 is 10.6 Å². The van der Waals surface area contributed by atoms with Gasteiger partial charge < -0.3 is 10.6 Å². The van der Waals surface area contributed by atoms with Crippen LogP contribution in [-0.4, -0.2) is 30.0 Å². The second-order valence-corrected chi connectivity index (χ2v) is 6.17. The lowest BCUT2D eigenvalue weighted by Crippen LogP contribution is -2.39. The van der Waals surface area contributed by atoms with Crippen molar-refractivity contribution in [2.45, 2.75) is 12.5 Å². The molecule has 0 saturated carbocycles. The van der Waals surface area contributed by atoms with Crippen molar-refractivity contribution in [1.82, 2.24) is 5.32 Å². The van der Waals surface area contributed by atoms with Gasteiger partial charge in [0.05, 0.1) is 5.69 Å². The Morgan fingerprint density at radius 1 is 1.58 bits per heavy atom. The summed E-state index contributed by atoms with van der Waals surface area (Å²) >= 11 is 5.01. The van der Waals surface area contributed by atoms with Crippen LogP contribution >= 0.6 is 40.1 Å². The Balaban J connectivity index is 0.00000180. The van der Waals surface area contributed by atoms with Gasteiger partial charge in [-0.05, 0) is 18.2 Å². The SMILES string of the molecule is Cl.O=C(CC1CSCCN1)Nc1ccc(Br)cc1F. The number of anilines is 1. The number of hydrogen-bond acceptors (Lipinski definition) is 3. The van der Waals surface area contributed by atoms with Crippen molar-refractivity contribution in [3.05, 3.63) is 28.5 Å². The highest BCUT2D eigenvalue weighted by atomic mass is 79.9. The zero-order chi connectivity index (χ0) is 13.0. The zero-order valence-electron chi connectivity index (χ0n) is 10.1. The van der Waals surface area contributed by atoms with Crippen LogP contribution in [0.15, 0.2) is 22.7 Å². The van der Waals surface area contributed by atoms with Crippen LogP contribution in [0.1, 0.15) is 6.42 Å². The van der Waals surface area contributed by atoms with Gasteiger partial charge in [-0.3, -0.25) is 4.79 Å². The number of amides is 1. The van der Waals surface area contributed by atoms with E-state index in [-0.39, 0.29) is 30.0 Å². The third-order valence-electron chi connectivity index (χ3n) is 2.64. The van der Waals surface area contributed by atoms with Gasteiger partial charge in [-0.25, -0.2) is 4.39 Å². The maximum absolute atomic E-state index is 13.5. The van der Waals surface area contributed by atoms with Gasteiger partial charge in [0.15, 0.2) is 0 Å². The maximum Gasteiger partial charge on any atom is 0.226 e. The van der Waals surface area contributed by atoms with E-state index in [2.05, 4.69) is 26.6 Å². The van der Waals surface area contributed by atoms with Crippen LogP contribution in [0.5, 0.6) is 0 Å². The summed E-state index contributed by atoms with van der Waals surface area (Å²) in [4.78, 5) is 11.8. The second-order valence-electron chi connectivity index (χ2n) is 4.10. The van der Waals surface area contributed by atoms with E-state index in [0.717, 1.165) is 18.1 Å². The third kappa shape index (κ3) is 5.30. The van der Waals surface area contributed by atoms with E-state index in [1.165, 1.54) is 6.07 Å². The lowest BCUT2D eigenvalue weighted by Gasteiger charge is -2.22. The van der Waals surface area contributed by atoms with Gasteiger partial charge in [0, 0.05) is 35.0 Å². The number of hydrogen-bond donors (Lipinski definition) is 2. The largest absolute Gasteiger partial charge is 0.324 e. The fourth-order valence-electron chi connectivity index (χ4n) is 1.77. The molecule has 3 nitrogen and oxygen atoms in total. The number of benzene rings is 1. The molecule has 0 bridgehead atoms. The molecule has 2 N–H and O–H groups in total. The molecule has 1 atom stereocenters. The lowest BCUT2D eigenvalue weighted by molar-refractivity contribution is -0.116. The molecule has 1 aliphatic heterocycles. The molecule has 1 aromatic carbocycles. The minimum absolute atomic E-state index is 0. The van der Waals surface area contributed by atoms with E-state index in [1.54, 1.807) is 12.1 Å². The lowest BCUT2D eigenvalue weighted by atomic mass is 10.2. The van der Waals surface area contributed by atoms with Crippen molar-refractivity contribution in [3.63, 3.8) is 0 Å². The first-order valence-electron chi connectivity index (χ1n) is 5.71. The van der Waals surface area contributed by atoms with Gasteiger partial charge in [0.2, 0.25) is 5.91 Å². The second kappa shape index (κ2) is 8.09. The summed E-state index contributed by atoms with van der Waals surface area (Å²) in [5.74, 6) is 1.43. The highest BCUT2D eigenvalue weighted by Gasteiger charge is 2.17. The summed E-state index contributed by atoms with van der Waals surface area (Å²) in [6, 6.07) is 4.78. The average Bonchev–Trinajstić information content (AvgIpc) is 2.34. The maximum atomic E-state index is 13.5. The van der Waals surface area contributed by atoms with Gasteiger partial charge in [-0.2, -0.15) is 11.8 Å². The predicted octanol–water partition coefficient (Wildman–Crippen LogP) is 3.04. The molecule has 0 radical (unpaired) electrons. The summed E-state index contributed by atoms with van der Waals surface area (Å²) in [6.07, 6.45) is 0.377. The Labute approximate surface area is 130 Å². The molecule has 1 fully saturated rings. The molecule has 0 aliphatic carbocycles. The number of thioether (sulfide) groups is 1. The van der Waals surface area contributed by atoms with Crippen molar-refractivity contribution in [1.29, 1.82) is 0 Å². The topological polar surface area (TPSA) is 41.1 Å². The van der Waals surface area contributed by atoms with E-state index in [0.29, 0.717) is 10.9 Å². The summed E-state index contributed by atoms with van der Waals surface area (Å²) in [5, 5.41) is 5.88. The van der Waals surface area contributed by atoms with Crippen LogP contribution in [0.4, 0.5) is 10.1 Å². The molecule has 1 heterocycles. The molecule has 1 amide bonds.